The summed E-state index contributed by atoms with van der Waals surface area (Å²) >= 11 is 0. The van der Waals surface area contributed by atoms with Crippen molar-refractivity contribution in [2.75, 3.05) is 0 Å². The normalized spacial score (nSPS) is 10.9. The van der Waals surface area contributed by atoms with Crippen LogP contribution in [0.1, 0.15) is 33.1 Å². The molecule has 1 aromatic carbocycles. The first-order chi connectivity index (χ1) is 10.6. The van der Waals surface area contributed by atoms with Crippen molar-refractivity contribution in [2.24, 2.45) is 0 Å². The Morgan fingerprint density at radius 3 is 2.59 bits per heavy atom. The van der Waals surface area contributed by atoms with Crippen LogP contribution < -0.4 is 5.32 Å². The number of rotatable bonds is 3. The molecule has 22 heavy (non-hydrogen) atoms. The molecule has 112 valence electrons. The number of benzene rings is 1. The second-order valence-corrected chi connectivity index (χ2v) is 5.35. The lowest BCUT2D eigenvalue weighted by Gasteiger charge is -2.11. The van der Waals surface area contributed by atoms with Gasteiger partial charge in [-0.25, -0.2) is 9.97 Å². The molecule has 0 saturated heterocycles. The maximum atomic E-state index is 12.4. The second-order valence-electron chi connectivity index (χ2n) is 5.35. The molecule has 2 aromatic heterocycles. The maximum absolute atomic E-state index is 12.4. The highest BCUT2D eigenvalue weighted by Crippen LogP contribution is 2.17. The monoisotopic (exact) mass is 294 g/mol. The molecule has 0 atom stereocenters. The minimum absolute atomic E-state index is 0.104. The summed E-state index contributed by atoms with van der Waals surface area (Å²) in [4.78, 5) is 24.3. The van der Waals surface area contributed by atoms with Crippen molar-refractivity contribution in [1.82, 2.24) is 20.3 Å². The SMILES string of the molecule is Cc1nc(C)c(CNC(=O)c2cccc3cc[nH]c23)c(C)n1. The fourth-order valence-corrected chi connectivity index (χ4v) is 2.70. The van der Waals surface area contributed by atoms with E-state index in [0.717, 1.165) is 33.7 Å². The molecule has 0 bridgehead atoms. The van der Waals surface area contributed by atoms with Crippen molar-refractivity contribution in [3.05, 3.63) is 58.8 Å². The number of aromatic amines is 1. The maximum Gasteiger partial charge on any atom is 0.253 e. The van der Waals surface area contributed by atoms with Crippen molar-refractivity contribution < 1.29 is 4.79 Å². The Kier molecular flexibility index (Phi) is 3.63. The summed E-state index contributed by atoms with van der Waals surface area (Å²) < 4.78 is 0. The molecule has 3 rings (SSSR count). The molecule has 0 fully saturated rings. The van der Waals surface area contributed by atoms with E-state index in [-0.39, 0.29) is 5.91 Å². The van der Waals surface area contributed by atoms with Gasteiger partial charge in [-0.3, -0.25) is 4.79 Å². The average molecular weight is 294 g/mol. The number of aromatic nitrogens is 3. The standard InChI is InChI=1S/C17H18N4O/c1-10-15(11(2)21-12(3)20-10)9-19-17(22)14-6-4-5-13-7-8-18-16(13)14/h4-8,18H,9H2,1-3H3,(H,19,22). The zero-order chi connectivity index (χ0) is 15.7. The summed E-state index contributed by atoms with van der Waals surface area (Å²) in [5.74, 6) is 0.647. The third kappa shape index (κ3) is 2.57. The Morgan fingerprint density at radius 1 is 1.14 bits per heavy atom. The highest BCUT2D eigenvalue weighted by atomic mass is 16.1. The molecule has 2 N–H and O–H groups in total. The van der Waals surface area contributed by atoms with Crippen LogP contribution in [0, 0.1) is 20.8 Å². The minimum Gasteiger partial charge on any atom is -0.361 e. The Balaban J connectivity index is 1.83. The van der Waals surface area contributed by atoms with E-state index >= 15 is 0 Å². The molecule has 3 aromatic rings. The molecule has 0 saturated carbocycles. The lowest BCUT2D eigenvalue weighted by atomic mass is 10.1. The summed E-state index contributed by atoms with van der Waals surface area (Å²) in [6.07, 6.45) is 1.84. The number of carbonyl (C=O) groups excluding carboxylic acids is 1. The Morgan fingerprint density at radius 2 is 1.86 bits per heavy atom. The van der Waals surface area contributed by atoms with Gasteiger partial charge in [-0.1, -0.05) is 12.1 Å². The van der Waals surface area contributed by atoms with E-state index in [0.29, 0.717) is 12.1 Å². The van der Waals surface area contributed by atoms with Gasteiger partial charge >= 0.3 is 0 Å². The number of aryl methyl sites for hydroxylation is 3. The molecule has 0 aliphatic rings. The smallest absolute Gasteiger partial charge is 0.253 e. The van der Waals surface area contributed by atoms with Gasteiger partial charge in [0.05, 0.1) is 11.1 Å². The van der Waals surface area contributed by atoms with Gasteiger partial charge in [-0.15, -0.1) is 0 Å². The van der Waals surface area contributed by atoms with Crippen LogP contribution in [-0.2, 0) is 6.54 Å². The molecule has 0 aliphatic carbocycles. The molecule has 0 aliphatic heterocycles. The van der Waals surface area contributed by atoms with Crippen molar-refractivity contribution in [1.29, 1.82) is 0 Å². The first-order valence-corrected chi connectivity index (χ1v) is 7.21. The van der Waals surface area contributed by atoms with Crippen LogP contribution in [0.25, 0.3) is 10.9 Å². The molecule has 1 amide bonds. The van der Waals surface area contributed by atoms with E-state index in [1.54, 1.807) is 0 Å². The van der Waals surface area contributed by atoms with Crippen molar-refractivity contribution in [3.8, 4) is 0 Å². The Labute approximate surface area is 128 Å². The summed E-state index contributed by atoms with van der Waals surface area (Å²) in [7, 11) is 0. The van der Waals surface area contributed by atoms with E-state index in [4.69, 9.17) is 0 Å². The van der Waals surface area contributed by atoms with Crippen LogP contribution in [0.4, 0.5) is 0 Å². The molecule has 0 radical (unpaired) electrons. The number of carbonyl (C=O) groups is 1. The molecule has 5 heteroatoms. The lowest BCUT2D eigenvalue weighted by molar-refractivity contribution is 0.0952. The van der Waals surface area contributed by atoms with Gasteiger partial charge in [0.1, 0.15) is 5.82 Å². The highest BCUT2D eigenvalue weighted by molar-refractivity contribution is 6.05. The van der Waals surface area contributed by atoms with Crippen molar-refractivity contribution in [2.45, 2.75) is 27.3 Å². The van der Waals surface area contributed by atoms with Crippen molar-refractivity contribution >= 4 is 16.8 Å². The number of hydrogen-bond acceptors (Lipinski definition) is 3. The fourth-order valence-electron chi connectivity index (χ4n) is 2.70. The predicted molar refractivity (Wildman–Crippen MR) is 85.7 cm³/mol. The molecule has 0 spiro atoms. The first kappa shape index (κ1) is 14.3. The number of H-pyrrole nitrogens is 1. The van der Waals surface area contributed by atoms with E-state index in [2.05, 4.69) is 20.3 Å². The Bertz CT molecular complexity index is 828. The van der Waals surface area contributed by atoms with Gasteiger partial charge in [0.25, 0.3) is 5.91 Å². The summed E-state index contributed by atoms with van der Waals surface area (Å²) in [5.41, 5.74) is 4.28. The topological polar surface area (TPSA) is 70.7 Å². The third-order valence-electron chi connectivity index (χ3n) is 3.79. The van der Waals surface area contributed by atoms with Crippen LogP contribution in [-0.4, -0.2) is 20.9 Å². The van der Waals surface area contributed by atoms with Crippen molar-refractivity contribution in [3.63, 3.8) is 0 Å². The summed E-state index contributed by atoms with van der Waals surface area (Å²) in [6, 6.07) is 7.63. The number of nitrogens with zero attached hydrogens (tertiary/aromatic N) is 2. The zero-order valence-corrected chi connectivity index (χ0v) is 12.9. The molecule has 5 nitrogen and oxygen atoms in total. The number of para-hydroxylation sites is 1. The molecule has 2 heterocycles. The largest absolute Gasteiger partial charge is 0.361 e. The first-order valence-electron chi connectivity index (χ1n) is 7.21. The summed E-state index contributed by atoms with van der Waals surface area (Å²) in [6.45, 7) is 6.17. The quantitative estimate of drug-likeness (QED) is 0.780. The van der Waals surface area contributed by atoms with E-state index in [1.807, 2.05) is 51.2 Å². The van der Waals surface area contributed by atoms with Gasteiger partial charge < -0.3 is 10.3 Å². The van der Waals surface area contributed by atoms with Crippen LogP contribution in [0.15, 0.2) is 30.5 Å². The minimum atomic E-state index is -0.104. The third-order valence-corrected chi connectivity index (χ3v) is 3.79. The fraction of sp³-hybridized carbons (Fsp3) is 0.235. The van der Waals surface area contributed by atoms with Gasteiger partial charge in [0.15, 0.2) is 0 Å². The molecular weight excluding hydrogens is 276 g/mol. The highest BCUT2D eigenvalue weighted by Gasteiger charge is 2.12. The van der Waals surface area contributed by atoms with E-state index < -0.39 is 0 Å². The van der Waals surface area contributed by atoms with E-state index in [1.165, 1.54) is 0 Å². The van der Waals surface area contributed by atoms with Gasteiger partial charge in [-0.2, -0.15) is 0 Å². The van der Waals surface area contributed by atoms with E-state index in [9.17, 15) is 4.79 Å². The Hall–Kier alpha value is -2.69. The molecular formula is C17H18N4O. The second kappa shape index (κ2) is 5.60. The van der Waals surface area contributed by atoms with Crippen LogP contribution in [0.2, 0.25) is 0 Å². The molecule has 0 unspecified atom stereocenters. The van der Waals surface area contributed by atoms with Gasteiger partial charge in [0.2, 0.25) is 0 Å². The predicted octanol–water partition coefficient (Wildman–Crippen LogP) is 2.81. The van der Waals surface area contributed by atoms with Crippen LogP contribution in [0.3, 0.4) is 0 Å². The number of amides is 1. The number of nitrogens with one attached hydrogen (secondary N) is 2. The van der Waals surface area contributed by atoms with Gasteiger partial charge in [0, 0.05) is 35.1 Å². The van der Waals surface area contributed by atoms with Crippen LogP contribution >= 0.6 is 0 Å². The van der Waals surface area contributed by atoms with Gasteiger partial charge in [-0.05, 0) is 32.9 Å². The van der Waals surface area contributed by atoms with Crippen LogP contribution in [0.5, 0.6) is 0 Å². The number of hydrogen-bond donors (Lipinski definition) is 2. The lowest BCUT2D eigenvalue weighted by Crippen LogP contribution is -2.24. The number of fused-ring (bicyclic) bond motifs is 1. The summed E-state index contributed by atoms with van der Waals surface area (Å²) in [5, 5.41) is 3.99. The average Bonchev–Trinajstić information content (AvgIpc) is 2.94. The zero-order valence-electron chi connectivity index (χ0n) is 12.9.